The number of hydrogen-bond acceptors (Lipinski definition) is 3. The highest BCUT2D eigenvalue weighted by molar-refractivity contribution is 4.78. The first-order valence-corrected chi connectivity index (χ1v) is 6.11. The summed E-state index contributed by atoms with van der Waals surface area (Å²) in [6.45, 7) is 7.83. The maximum absolute atomic E-state index is 9.99. The largest absolute Gasteiger partial charge is 0.389 e. The molecule has 3 nitrogen and oxygen atoms in total. The van der Waals surface area contributed by atoms with Crippen molar-refractivity contribution < 1.29 is 5.11 Å². The molecule has 15 heavy (non-hydrogen) atoms. The quantitative estimate of drug-likeness (QED) is 0.648. The van der Waals surface area contributed by atoms with Crippen LogP contribution in [0.4, 0.5) is 0 Å². The molecule has 0 spiro atoms. The first-order chi connectivity index (χ1) is 6.99. The van der Waals surface area contributed by atoms with Gasteiger partial charge in [0.1, 0.15) is 0 Å². The molecule has 0 rings (SSSR count). The number of nitrogens with zero attached hydrogens (tertiary/aromatic N) is 1. The highest BCUT2D eigenvalue weighted by Gasteiger charge is 2.22. The molecule has 2 atom stereocenters. The van der Waals surface area contributed by atoms with Crippen LogP contribution < -0.4 is 5.73 Å². The van der Waals surface area contributed by atoms with E-state index in [0.717, 1.165) is 25.8 Å². The van der Waals surface area contributed by atoms with Crippen molar-refractivity contribution in [3.8, 4) is 0 Å². The standard InChI is InChI=1S/C12H28N2O/c1-5-11(3)14(4)9-7-8-12(15,6-2)10-13/h11,15H,5-10,13H2,1-4H3. The average molecular weight is 216 g/mol. The van der Waals surface area contributed by atoms with Gasteiger partial charge in [0.15, 0.2) is 0 Å². The third-order valence-electron chi connectivity index (χ3n) is 3.53. The van der Waals surface area contributed by atoms with Gasteiger partial charge in [-0.25, -0.2) is 0 Å². The van der Waals surface area contributed by atoms with Crippen molar-refractivity contribution in [1.82, 2.24) is 4.90 Å². The predicted octanol–water partition coefficient (Wildman–Crippen LogP) is 1.60. The minimum Gasteiger partial charge on any atom is -0.389 e. The summed E-state index contributed by atoms with van der Waals surface area (Å²) in [5.74, 6) is 0. The summed E-state index contributed by atoms with van der Waals surface area (Å²) in [5.41, 5.74) is 4.91. The van der Waals surface area contributed by atoms with Crippen LogP contribution >= 0.6 is 0 Å². The Morgan fingerprint density at radius 2 is 2.00 bits per heavy atom. The Hall–Kier alpha value is -0.120. The van der Waals surface area contributed by atoms with Crippen LogP contribution in [0.5, 0.6) is 0 Å². The van der Waals surface area contributed by atoms with E-state index >= 15 is 0 Å². The summed E-state index contributed by atoms with van der Waals surface area (Å²) in [6, 6.07) is 0.623. The number of rotatable bonds is 8. The van der Waals surface area contributed by atoms with Crippen LogP contribution in [-0.2, 0) is 0 Å². The first kappa shape index (κ1) is 14.9. The van der Waals surface area contributed by atoms with Crippen LogP contribution in [0.25, 0.3) is 0 Å². The lowest BCUT2D eigenvalue weighted by atomic mass is 9.95. The third-order valence-corrected chi connectivity index (χ3v) is 3.53. The van der Waals surface area contributed by atoms with Crippen LogP contribution in [0, 0.1) is 0 Å². The van der Waals surface area contributed by atoms with Crippen LogP contribution in [-0.4, -0.2) is 41.8 Å². The lowest BCUT2D eigenvalue weighted by Gasteiger charge is -2.28. The summed E-state index contributed by atoms with van der Waals surface area (Å²) in [7, 11) is 2.14. The summed E-state index contributed by atoms with van der Waals surface area (Å²) in [5, 5.41) is 9.99. The van der Waals surface area contributed by atoms with Crippen molar-refractivity contribution in [3.05, 3.63) is 0 Å². The molecule has 0 aromatic heterocycles. The van der Waals surface area contributed by atoms with Gasteiger partial charge in [0.05, 0.1) is 5.60 Å². The van der Waals surface area contributed by atoms with Gasteiger partial charge in [0, 0.05) is 12.6 Å². The molecule has 2 unspecified atom stereocenters. The van der Waals surface area contributed by atoms with Crippen molar-refractivity contribution in [1.29, 1.82) is 0 Å². The van der Waals surface area contributed by atoms with Gasteiger partial charge >= 0.3 is 0 Å². The second kappa shape index (κ2) is 7.20. The Morgan fingerprint density at radius 1 is 1.40 bits per heavy atom. The van der Waals surface area contributed by atoms with Crippen LogP contribution in [0.1, 0.15) is 46.5 Å². The molecule has 92 valence electrons. The first-order valence-electron chi connectivity index (χ1n) is 6.11. The highest BCUT2D eigenvalue weighted by Crippen LogP contribution is 2.16. The second-order valence-corrected chi connectivity index (χ2v) is 4.62. The summed E-state index contributed by atoms with van der Waals surface area (Å²) in [6.07, 6.45) is 3.74. The van der Waals surface area contributed by atoms with Crippen LogP contribution in [0.15, 0.2) is 0 Å². The van der Waals surface area contributed by atoms with Crippen molar-refractivity contribution >= 4 is 0 Å². The van der Waals surface area contributed by atoms with E-state index in [1.807, 2.05) is 6.92 Å². The molecule has 0 radical (unpaired) electrons. The zero-order valence-corrected chi connectivity index (χ0v) is 10.8. The SMILES string of the molecule is CCC(C)N(C)CCCC(O)(CC)CN. The molecule has 0 heterocycles. The zero-order valence-electron chi connectivity index (χ0n) is 10.8. The zero-order chi connectivity index (χ0) is 11.9. The molecule has 0 aliphatic carbocycles. The lowest BCUT2D eigenvalue weighted by molar-refractivity contribution is 0.0313. The lowest BCUT2D eigenvalue weighted by Crippen LogP contribution is -2.38. The molecule has 0 aromatic rings. The van der Waals surface area contributed by atoms with E-state index < -0.39 is 5.60 Å². The maximum atomic E-state index is 9.99. The van der Waals surface area contributed by atoms with E-state index in [2.05, 4.69) is 25.8 Å². The molecule has 0 fully saturated rings. The van der Waals surface area contributed by atoms with Gasteiger partial charge < -0.3 is 15.7 Å². The monoisotopic (exact) mass is 216 g/mol. The van der Waals surface area contributed by atoms with Crippen molar-refractivity contribution in [3.63, 3.8) is 0 Å². The summed E-state index contributed by atoms with van der Waals surface area (Å²) < 4.78 is 0. The van der Waals surface area contributed by atoms with E-state index in [1.165, 1.54) is 6.42 Å². The fourth-order valence-electron chi connectivity index (χ4n) is 1.61. The molecule has 0 aliphatic rings. The number of hydrogen-bond donors (Lipinski definition) is 2. The Bertz CT molecular complexity index is 158. The number of nitrogens with two attached hydrogens (primary N) is 1. The molecule has 0 saturated heterocycles. The van der Waals surface area contributed by atoms with E-state index in [4.69, 9.17) is 5.73 Å². The molecule has 3 heteroatoms. The minimum absolute atomic E-state index is 0.372. The molecular weight excluding hydrogens is 188 g/mol. The van der Waals surface area contributed by atoms with Gasteiger partial charge in [-0.05, 0) is 46.2 Å². The number of aliphatic hydroxyl groups is 1. The predicted molar refractivity (Wildman–Crippen MR) is 65.9 cm³/mol. The Kier molecular flexibility index (Phi) is 7.14. The Morgan fingerprint density at radius 3 is 2.40 bits per heavy atom. The van der Waals surface area contributed by atoms with Crippen LogP contribution in [0.2, 0.25) is 0 Å². The highest BCUT2D eigenvalue weighted by atomic mass is 16.3. The summed E-state index contributed by atoms with van der Waals surface area (Å²) in [4.78, 5) is 2.34. The smallest absolute Gasteiger partial charge is 0.0767 e. The maximum Gasteiger partial charge on any atom is 0.0767 e. The normalized spacial score (nSPS) is 17.8. The Balaban J connectivity index is 3.78. The van der Waals surface area contributed by atoms with Crippen molar-refractivity contribution in [2.45, 2.75) is 58.1 Å². The van der Waals surface area contributed by atoms with E-state index in [-0.39, 0.29) is 0 Å². The topological polar surface area (TPSA) is 49.5 Å². The Labute approximate surface area is 94.6 Å². The van der Waals surface area contributed by atoms with Gasteiger partial charge in [0.2, 0.25) is 0 Å². The third kappa shape index (κ3) is 5.50. The average Bonchev–Trinajstić information content (AvgIpc) is 2.27. The van der Waals surface area contributed by atoms with Gasteiger partial charge in [-0.2, -0.15) is 0 Å². The molecule has 0 amide bonds. The van der Waals surface area contributed by atoms with E-state index in [1.54, 1.807) is 0 Å². The molecule has 0 bridgehead atoms. The van der Waals surface area contributed by atoms with Gasteiger partial charge in [0.25, 0.3) is 0 Å². The molecule has 3 N–H and O–H groups in total. The van der Waals surface area contributed by atoms with Crippen LogP contribution in [0.3, 0.4) is 0 Å². The van der Waals surface area contributed by atoms with Gasteiger partial charge in [-0.3, -0.25) is 0 Å². The van der Waals surface area contributed by atoms with Gasteiger partial charge in [-0.1, -0.05) is 13.8 Å². The fraction of sp³-hybridized carbons (Fsp3) is 1.00. The van der Waals surface area contributed by atoms with Crippen molar-refractivity contribution in [2.24, 2.45) is 5.73 Å². The molecule has 0 saturated carbocycles. The molecule has 0 aromatic carbocycles. The van der Waals surface area contributed by atoms with Gasteiger partial charge in [-0.15, -0.1) is 0 Å². The fourth-order valence-corrected chi connectivity index (χ4v) is 1.61. The molecule has 0 aliphatic heterocycles. The van der Waals surface area contributed by atoms with E-state index in [9.17, 15) is 5.11 Å². The van der Waals surface area contributed by atoms with Crippen molar-refractivity contribution in [2.75, 3.05) is 20.1 Å². The minimum atomic E-state index is -0.643. The molecular formula is C12H28N2O. The summed E-state index contributed by atoms with van der Waals surface area (Å²) >= 11 is 0. The second-order valence-electron chi connectivity index (χ2n) is 4.62. The van der Waals surface area contributed by atoms with E-state index in [0.29, 0.717) is 12.6 Å².